The predicted molar refractivity (Wildman–Crippen MR) is 110 cm³/mol. The van der Waals surface area contributed by atoms with Gasteiger partial charge < -0.3 is 20.2 Å². The number of anilines is 2. The van der Waals surface area contributed by atoms with Crippen LogP contribution in [0.2, 0.25) is 0 Å². The molecule has 2 N–H and O–H groups in total. The van der Waals surface area contributed by atoms with Gasteiger partial charge in [0.15, 0.2) is 0 Å². The molecule has 1 heterocycles. The molecule has 2 aromatic carbocycles. The highest BCUT2D eigenvalue weighted by atomic mass is 16.3. The topological polar surface area (TPSA) is 55.8 Å². The van der Waals surface area contributed by atoms with Gasteiger partial charge >= 0.3 is 0 Å². The summed E-state index contributed by atoms with van der Waals surface area (Å²) < 4.78 is 0. The van der Waals surface area contributed by atoms with Crippen molar-refractivity contribution in [2.24, 2.45) is 5.92 Å². The Balaban J connectivity index is 1.69. The van der Waals surface area contributed by atoms with Gasteiger partial charge in [-0.2, -0.15) is 0 Å². The Morgan fingerprint density at radius 2 is 1.70 bits per heavy atom. The molecule has 1 aliphatic heterocycles. The number of para-hydroxylation sites is 2. The molecule has 2 atom stereocenters. The molecular weight excluding hydrogens is 338 g/mol. The normalized spacial score (nSPS) is 15.4. The number of hydrogen-bond donors (Lipinski definition) is 2. The van der Waals surface area contributed by atoms with Crippen LogP contribution in [0, 0.1) is 5.92 Å². The number of nitrogens with zero attached hydrogens (tertiary/aromatic N) is 2. The molecule has 1 aliphatic rings. The summed E-state index contributed by atoms with van der Waals surface area (Å²) in [5, 5.41) is 12.6. The number of nitrogens with one attached hydrogen (secondary N) is 1. The van der Waals surface area contributed by atoms with Crippen molar-refractivity contribution in [3.8, 4) is 0 Å². The molecule has 27 heavy (non-hydrogen) atoms. The van der Waals surface area contributed by atoms with Crippen LogP contribution in [0.15, 0.2) is 54.6 Å². The van der Waals surface area contributed by atoms with E-state index in [2.05, 4.69) is 46.3 Å². The second-order valence-corrected chi connectivity index (χ2v) is 7.25. The number of aliphatic hydroxyl groups is 1. The van der Waals surface area contributed by atoms with Crippen molar-refractivity contribution in [2.45, 2.75) is 32.9 Å². The lowest BCUT2D eigenvalue weighted by Gasteiger charge is -2.25. The Kier molecular flexibility index (Phi) is 6.35. The molecule has 0 aliphatic carbocycles. The summed E-state index contributed by atoms with van der Waals surface area (Å²) in [5.74, 6) is 0.199. The molecule has 0 spiro atoms. The van der Waals surface area contributed by atoms with E-state index in [0.29, 0.717) is 6.67 Å². The van der Waals surface area contributed by atoms with Crippen LogP contribution in [0.25, 0.3) is 0 Å². The molecule has 0 radical (unpaired) electrons. The number of hydrogen-bond acceptors (Lipinski definition) is 4. The van der Waals surface area contributed by atoms with Crippen LogP contribution in [0.1, 0.15) is 25.8 Å². The van der Waals surface area contributed by atoms with Crippen molar-refractivity contribution in [1.82, 2.24) is 5.32 Å². The summed E-state index contributed by atoms with van der Waals surface area (Å²) in [6.45, 7) is 5.86. The molecule has 0 bridgehead atoms. The molecule has 0 aromatic heterocycles. The number of aliphatic hydroxyl groups excluding tert-OH is 1. The van der Waals surface area contributed by atoms with E-state index in [4.69, 9.17) is 0 Å². The van der Waals surface area contributed by atoms with Gasteiger partial charge in [-0.15, -0.1) is 0 Å². The third-order valence-electron chi connectivity index (χ3n) is 5.33. The Hall–Kier alpha value is -2.53. The molecular formula is C22H29N3O2. The van der Waals surface area contributed by atoms with Crippen LogP contribution in [0.3, 0.4) is 0 Å². The van der Waals surface area contributed by atoms with Crippen molar-refractivity contribution >= 4 is 17.3 Å². The number of amides is 1. The monoisotopic (exact) mass is 367 g/mol. The lowest BCUT2D eigenvalue weighted by molar-refractivity contribution is -0.121. The minimum absolute atomic E-state index is 0.0303. The highest BCUT2D eigenvalue weighted by molar-refractivity contribution is 5.86. The Morgan fingerprint density at radius 1 is 1.07 bits per heavy atom. The predicted octanol–water partition coefficient (Wildman–Crippen LogP) is 2.99. The van der Waals surface area contributed by atoms with Crippen LogP contribution in [-0.4, -0.2) is 36.9 Å². The smallest absolute Gasteiger partial charge is 0.239 e. The van der Waals surface area contributed by atoms with E-state index < -0.39 is 0 Å². The molecule has 144 valence electrons. The largest absolute Gasteiger partial charge is 0.394 e. The summed E-state index contributed by atoms with van der Waals surface area (Å²) in [5.41, 5.74) is 3.47. The Labute approximate surface area is 161 Å². The summed E-state index contributed by atoms with van der Waals surface area (Å²) in [7, 11) is 0. The minimum atomic E-state index is -0.194. The number of rotatable bonds is 8. The first-order valence-corrected chi connectivity index (χ1v) is 9.65. The van der Waals surface area contributed by atoms with E-state index in [9.17, 15) is 9.90 Å². The number of benzene rings is 2. The lowest BCUT2D eigenvalue weighted by atomic mass is 10.00. The van der Waals surface area contributed by atoms with Crippen molar-refractivity contribution in [1.29, 1.82) is 0 Å². The first-order valence-electron chi connectivity index (χ1n) is 9.65. The van der Waals surface area contributed by atoms with E-state index in [-0.39, 0.29) is 31.0 Å². The molecule has 0 saturated heterocycles. The highest BCUT2D eigenvalue weighted by Crippen LogP contribution is 2.36. The average Bonchev–Trinajstić information content (AvgIpc) is 3.03. The van der Waals surface area contributed by atoms with Gasteiger partial charge in [-0.25, -0.2) is 0 Å². The molecule has 0 fully saturated rings. The van der Waals surface area contributed by atoms with Gasteiger partial charge in [-0.1, -0.05) is 62.7 Å². The molecule has 1 amide bonds. The fourth-order valence-electron chi connectivity index (χ4n) is 3.51. The second kappa shape index (κ2) is 8.91. The number of fused-ring (bicyclic) bond motifs is 1. The number of carbonyl (C=O) groups excluding carboxylic acids is 1. The molecule has 3 rings (SSSR count). The van der Waals surface area contributed by atoms with Gasteiger partial charge in [0.05, 0.1) is 37.2 Å². The van der Waals surface area contributed by atoms with Gasteiger partial charge in [0, 0.05) is 6.54 Å². The summed E-state index contributed by atoms with van der Waals surface area (Å²) >= 11 is 0. The molecule has 2 aromatic rings. The van der Waals surface area contributed by atoms with E-state index in [1.807, 2.05) is 37.3 Å². The van der Waals surface area contributed by atoms with Gasteiger partial charge in [0.2, 0.25) is 5.91 Å². The SMILES string of the molecule is CCC(C)[C@@H](CO)NC(=O)CN1CN(Cc2ccccc2)c2ccccc21. The zero-order chi connectivity index (χ0) is 19.2. The zero-order valence-electron chi connectivity index (χ0n) is 16.1. The molecule has 5 nitrogen and oxygen atoms in total. The Bertz CT molecular complexity index is 750. The van der Waals surface area contributed by atoms with Crippen molar-refractivity contribution in [3.63, 3.8) is 0 Å². The maximum absolute atomic E-state index is 12.6. The van der Waals surface area contributed by atoms with Gasteiger partial charge in [0.25, 0.3) is 0 Å². The fourth-order valence-corrected chi connectivity index (χ4v) is 3.51. The summed E-state index contributed by atoms with van der Waals surface area (Å²) in [6, 6.07) is 18.4. The van der Waals surface area contributed by atoms with Crippen LogP contribution in [-0.2, 0) is 11.3 Å². The second-order valence-electron chi connectivity index (χ2n) is 7.25. The van der Waals surface area contributed by atoms with E-state index in [1.165, 1.54) is 5.56 Å². The van der Waals surface area contributed by atoms with Crippen molar-refractivity contribution in [2.75, 3.05) is 29.6 Å². The van der Waals surface area contributed by atoms with E-state index in [0.717, 1.165) is 24.3 Å². The first-order chi connectivity index (χ1) is 13.1. The maximum Gasteiger partial charge on any atom is 0.239 e. The van der Waals surface area contributed by atoms with Gasteiger partial charge in [-0.05, 0) is 23.6 Å². The fraction of sp³-hybridized carbons (Fsp3) is 0.409. The zero-order valence-corrected chi connectivity index (χ0v) is 16.1. The molecule has 1 unspecified atom stereocenters. The number of carbonyl (C=O) groups is 1. The quantitative estimate of drug-likeness (QED) is 0.753. The standard InChI is InChI=1S/C22H29N3O2/c1-3-17(2)19(15-26)23-22(27)14-25-16-24(13-18-9-5-4-6-10-18)20-11-7-8-12-21(20)25/h4-12,17,19,26H,3,13-16H2,1-2H3,(H,23,27)/t17?,19-/m1/s1. The van der Waals surface area contributed by atoms with Crippen LogP contribution < -0.4 is 15.1 Å². The van der Waals surface area contributed by atoms with Crippen molar-refractivity contribution < 1.29 is 9.90 Å². The Morgan fingerprint density at radius 3 is 2.33 bits per heavy atom. The summed E-state index contributed by atoms with van der Waals surface area (Å²) in [6.07, 6.45) is 0.920. The average molecular weight is 367 g/mol. The van der Waals surface area contributed by atoms with E-state index >= 15 is 0 Å². The minimum Gasteiger partial charge on any atom is -0.394 e. The highest BCUT2D eigenvalue weighted by Gasteiger charge is 2.27. The first kappa shape index (κ1) is 19.2. The third-order valence-corrected chi connectivity index (χ3v) is 5.33. The van der Waals surface area contributed by atoms with Gasteiger partial charge in [-0.3, -0.25) is 4.79 Å². The molecule has 0 saturated carbocycles. The maximum atomic E-state index is 12.6. The lowest BCUT2D eigenvalue weighted by Crippen LogP contribution is -2.47. The van der Waals surface area contributed by atoms with Gasteiger partial charge in [0.1, 0.15) is 0 Å². The summed E-state index contributed by atoms with van der Waals surface area (Å²) in [4.78, 5) is 17.0. The van der Waals surface area contributed by atoms with Crippen LogP contribution in [0.5, 0.6) is 0 Å². The van der Waals surface area contributed by atoms with Crippen LogP contribution in [0.4, 0.5) is 11.4 Å². The molecule has 5 heteroatoms. The van der Waals surface area contributed by atoms with E-state index in [1.54, 1.807) is 0 Å². The van der Waals surface area contributed by atoms with Crippen molar-refractivity contribution in [3.05, 3.63) is 60.2 Å². The third kappa shape index (κ3) is 4.61. The van der Waals surface area contributed by atoms with Crippen LogP contribution >= 0.6 is 0 Å².